The van der Waals surface area contributed by atoms with Crippen molar-refractivity contribution < 1.29 is 24.6 Å². The van der Waals surface area contributed by atoms with Crippen LogP contribution in [-0.2, 0) is 16.1 Å². The molecule has 3 amide bonds. The molecule has 0 spiro atoms. The molecule has 1 saturated heterocycles. The lowest BCUT2D eigenvalue weighted by atomic mass is 10.1. The molecule has 2 aromatic carbocycles. The van der Waals surface area contributed by atoms with Gasteiger partial charge < -0.3 is 26.2 Å². The number of halogens is 1. The number of carbonyl (C=O) groups excluding carboxylic acids is 3. The molecule has 0 radical (unpaired) electrons. The van der Waals surface area contributed by atoms with Crippen LogP contribution in [0.2, 0.25) is 0 Å². The van der Waals surface area contributed by atoms with Crippen LogP contribution in [0.5, 0.6) is 11.5 Å². The van der Waals surface area contributed by atoms with Crippen molar-refractivity contribution in [3.05, 3.63) is 59.7 Å². The van der Waals surface area contributed by atoms with Gasteiger partial charge in [-0.25, -0.2) is 0 Å². The van der Waals surface area contributed by atoms with Crippen LogP contribution in [0.15, 0.2) is 48.5 Å². The Morgan fingerprint density at radius 1 is 1.00 bits per heavy atom. The fourth-order valence-electron chi connectivity index (χ4n) is 3.68. The van der Waals surface area contributed by atoms with E-state index in [1.807, 2.05) is 18.2 Å². The second-order valence-electron chi connectivity index (χ2n) is 7.82. The Morgan fingerprint density at radius 3 is 2.27 bits per heavy atom. The topological polar surface area (TPSA) is 136 Å². The average molecular weight is 477 g/mol. The quantitative estimate of drug-likeness (QED) is 0.452. The number of piperazine rings is 1. The summed E-state index contributed by atoms with van der Waals surface area (Å²) in [4.78, 5) is 40.9. The number of phenols is 2. The minimum Gasteiger partial charge on any atom is -0.508 e. The largest absolute Gasteiger partial charge is 0.508 e. The highest BCUT2D eigenvalue weighted by Gasteiger charge is 2.29. The van der Waals surface area contributed by atoms with Crippen molar-refractivity contribution in [2.45, 2.75) is 25.4 Å². The molecule has 0 aromatic heterocycles. The molecule has 1 heterocycles. The molecular formula is C23H29ClN4O5. The minimum atomic E-state index is -0.955. The van der Waals surface area contributed by atoms with Crippen LogP contribution in [0, 0.1) is 0 Å². The first-order valence-electron chi connectivity index (χ1n) is 10.5. The number of phenolic OH excluding ortho intramolecular Hbond substituents is 2. The number of amides is 3. The number of benzene rings is 2. The van der Waals surface area contributed by atoms with E-state index in [2.05, 4.69) is 22.3 Å². The Morgan fingerprint density at radius 2 is 1.67 bits per heavy atom. The molecule has 0 unspecified atom stereocenters. The van der Waals surface area contributed by atoms with E-state index in [-0.39, 0.29) is 42.5 Å². The molecule has 0 aliphatic carbocycles. The smallest absolute Gasteiger partial charge is 0.255 e. The van der Waals surface area contributed by atoms with Crippen LogP contribution < -0.4 is 11.1 Å². The van der Waals surface area contributed by atoms with Crippen molar-refractivity contribution in [2.75, 3.05) is 26.2 Å². The number of nitrogens with two attached hydrogens (primary N) is 1. The lowest BCUT2D eigenvalue weighted by Gasteiger charge is -2.36. The molecule has 5 N–H and O–H groups in total. The molecule has 1 aliphatic heterocycles. The van der Waals surface area contributed by atoms with Gasteiger partial charge in [0, 0.05) is 45.2 Å². The predicted molar refractivity (Wildman–Crippen MR) is 125 cm³/mol. The number of aromatic hydroxyl groups is 2. The predicted octanol–water partition coefficient (Wildman–Crippen LogP) is 1.23. The van der Waals surface area contributed by atoms with Gasteiger partial charge in [0.1, 0.15) is 17.5 Å². The highest BCUT2D eigenvalue weighted by molar-refractivity contribution is 5.99. The first-order valence-corrected chi connectivity index (χ1v) is 10.5. The lowest BCUT2D eigenvalue weighted by Crippen LogP contribution is -2.54. The molecule has 2 aromatic rings. The van der Waals surface area contributed by atoms with Gasteiger partial charge in [0.2, 0.25) is 11.8 Å². The van der Waals surface area contributed by atoms with E-state index in [0.29, 0.717) is 26.2 Å². The van der Waals surface area contributed by atoms with Crippen molar-refractivity contribution in [1.29, 1.82) is 0 Å². The first-order chi connectivity index (χ1) is 15.3. The summed E-state index contributed by atoms with van der Waals surface area (Å²) in [5, 5.41) is 22.0. The molecule has 178 valence electrons. The molecule has 0 bridgehead atoms. The van der Waals surface area contributed by atoms with Crippen molar-refractivity contribution in [1.82, 2.24) is 15.1 Å². The van der Waals surface area contributed by atoms with E-state index in [9.17, 15) is 24.6 Å². The van der Waals surface area contributed by atoms with Gasteiger partial charge >= 0.3 is 0 Å². The maximum absolute atomic E-state index is 13.1. The molecule has 0 saturated carbocycles. The fourth-order valence-corrected chi connectivity index (χ4v) is 3.68. The second-order valence-corrected chi connectivity index (χ2v) is 7.82. The summed E-state index contributed by atoms with van der Waals surface area (Å²) in [5.74, 6) is -2.13. The van der Waals surface area contributed by atoms with Gasteiger partial charge in [0.15, 0.2) is 0 Å². The van der Waals surface area contributed by atoms with Gasteiger partial charge in [0.05, 0.1) is 5.56 Å². The maximum atomic E-state index is 13.1. The van der Waals surface area contributed by atoms with E-state index in [1.54, 1.807) is 4.90 Å². The van der Waals surface area contributed by atoms with Gasteiger partial charge in [-0.05, 0) is 24.1 Å². The van der Waals surface area contributed by atoms with E-state index in [1.165, 1.54) is 17.7 Å². The number of nitrogens with zero attached hydrogens (tertiary/aromatic N) is 2. The third-order valence-corrected chi connectivity index (χ3v) is 5.44. The average Bonchev–Trinajstić information content (AvgIpc) is 2.77. The summed E-state index contributed by atoms with van der Waals surface area (Å²) in [5.41, 5.74) is 6.37. The zero-order chi connectivity index (χ0) is 23.1. The van der Waals surface area contributed by atoms with Crippen molar-refractivity contribution >= 4 is 30.1 Å². The molecule has 1 aliphatic rings. The summed E-state index contributed by atoms with van der Waals surface area (Å²) in [7, 11) is 0. The van der Waals surface area contributed by atoms with Crippen molar-refractivity contribution in [2.24, 2.45) is 5.73 Å². The molecule has 9 nitrogen and oxygen atoms in total. The Labute approximate surface area is 198 Å². The highest BCUT2D eigenvalue weighted by Crippen LogP contribution is 2.22. The lowest BCUT2D eigenvalue weighted by molar-refractivity contribution is -0.135. The zero-order valence-electron chi connectivity index (χ0n) is 18.1. The van der Waals surface area contributed by atoms with Crippen LogP contribution >= 0.6 is 12.4 Å². The van der Waals surface area contributed by atoms with E-state index in [0.717, 1.165) is 12.6 Å². The van der Waals surface area contributed by atoms with Crippen molar-refractivity contribution in [3.63, 3.8) is 0 Å². The van der Waals surface area contributed by atoms with Gasteiger partial charge in [-0.2, -0.15) is 0 Å². The number of nitrogens with one attached hydrogen (secondary N) is 1. The molecule has 1 atom stereocenters. The highest BCUT2D eigenvalue weighted by atomic mass is 35.5. The van der Waals surface area contributed by atoms with Gasteiger partial charge in [-0.3, -0.25) is 19.3 Å². The Kier molecular flexibility index (Phi) is 9.50. The van der Waals surface area contributed by atoms with E-state index < -0.39 is 23.6 Å². The van der Waals surface area contributed by atoms with Crippen LogP contribution in [0.25, 0.3) is 0 Å². The number of hydrogen-bond donors (Lipinski definition) is 4. The maximum Gasteiger partial charge on any atom is 0.255 e. The Balaban J connectivity index is 0.00000385. The van der Waals surface area contributed by atoms with Gasteiger partial charge in [0.25, 0.3) is 5.91 Å². The van der Waals surface area contributed by atoms with Gasteiger partial charge in [-0.1, -0.05) is 30.3 Å². The molecular weight excluding hydrogens is 448 g/mol. The van der Waals surface area contributed by atoms with E-state index in [4.69, 9.17) is 5.73 Å². The number of hydrogen-bond acceptors (Lipinski definition) is 6. The summed E-state index contributed by atoms with van der Waals surface area (Å²) in [6.07, 6.45) is -0.00476. The normalized spacial score (nSPS) is 14.7. The fraction of sp³-hybridized carbons (Fsp3) is 0.348. The Bertz CT molecular complexity index is 965. The number of carbonyl (C=O) groups is 3. The van der Waals surface area contributed by atoms with Crippen LogP contribution in [0.3, 0.4) is 0 Å². The number of rotatable bonds is 8. The third kappa shape index (κ3) is 7.37. The number of primary amides is 1. The molecule has 33 heavy (non-hydrogen) atoms. The Hall–Kier alpha value is -3.30. The SMILES string of the molecule is Cl.NC(=O)CC[C@H](NC(=O)c1ccc(O)cc1O)C(=O)N1CCN(Cc2ccccc2)CC1. The van der Waals surface area contributed by atoms with E-state index >= 15 is 0 Å². The summed E-state index contributed by atoms with van der Waals surface area (Å²) in [6.45, 7) is 3.18. The van der Waals surface area contributed by atoms with Crippen LogP contribution in [0.1, 0.15) is 28.8 Å². The third-order valence-electron chi connectivity index (χ3n) is 5.44. The van der Waals surface area contributed by atoms with Crippen LogP contribution in [0.4, 0.5) is 0 Å². The van der Waals surface area contributed by atoms with Gasteiger partial charge in [-0.15, -0.1) is 12.4 Å². The molecule has 3 rings (SSSR count). The van der Waals surface area contributed by atoms with Crippen LogP contribution in [-0.4, -0.2) is 70.0 Å². The summed E-state index contributed by atoms with van der Waals surface area (Å²) in [6, 6.07) is 12.7. The summed E-state index contributed by atoms with van der Waals surface area (Å²) < 4.78 is 0. The van der Waals surface area contributed by atoms with Crippen molar-refractivity contribution in [3.8, 4) is 11.5 Å². The molecule has 1 fully saturated rings. The first kappa shape index (κ1) is 26.0. The monoisotopic (exact) mass is 476 g/mol. The zero-order valence-corrected chi connectivity index (χ0v) is 19.0. The summed E-state index contributed by atoms with van der Waals surface area (Å²) >= 11 is 0. The second kappa shape index (κ2) is 12.1. The standard InChI is InChI=1S/C23H28N4O5.ClH/c24-21(30)9-8-19(25-22(31)18-7-6-17(28)14-20(18)29)23(32)27-12-10-26(11-13-27)15-16-4-2-1-3-5-16;/h1-7,14,19,28-29H,8-13,15H2,(H2,24,30)(H,25,31);1H/t19-;/m0./s1. The molecule has 10 heteroatoms. The minimum absolute atomic E-state index is 0.